The van der Waals surface area contributed by atoms with Gasteiger partial charge in [-0.25, -0.2) is 0 Å². The Morgan fingerprint density at radius 3 is 2.26 bits per heavy atom. The average molecular weight is 330 g/mol. The number of hydrogen-bond donors (Lipinski definition) is 1. The average Bonchev–Trinajstić information content (AvgIpc) is 3.01. The lowest BCUT2D eigenvalue weighted by molar-refractivity contribution is -0.141. The van der Waals surface area contributed by atoms with Crippen LogP contribution in [0, 0.1) is 5.92 Å². The number of rotatable bonds is 3. The molecule has 3 rings (SSSR count). The molecule has 1 N–H and O–H groups in total. The lowest BCUT2D eigenvalue weighted by Gasteiger charge is -2.16. The van der Waals surface area contributed by atoms with Gasteiger partial charge in [-0.1, -0.05) is 41.9 Å². The summed E-state index contributed by atoms with van der Waals surface area (Å²) >= 11 is 5.84. The summed E-state index contributed by atoms with van der Waals surface area (Å²) in [6, 6.07) is 16.1. The number of benzene rings is 2. The van der Waals surface area contributed by atoms with Crippen molar-refractivity contribution in [2.75, 3.05) is 13.1 Å². The van der Waals surface area contributed by atoms with Crippen LogP contribution >= 0.6 is 11.6 Å². The molecule has 0 saturated carbocycles. The van der Waals surface area contributed by atoms with Gasteiger partial charge < -0.3 is 10.0 Å². The van der Waals surface area contributed by atoms with Gasteiger partial charge in [0.05, 0.1) is 5.92 Å². The van der Waals surface area contributed by atoms with Crippen LogP contribution in [0.25, 0.3) is 0 Å². The molecule has 23 heavy (non-hydrogen) atoms. The SMILES string of the molecule is O=C(O)[C@@H]1CN(C(=O)c2ccc(Cl)cc2)C[C@H]1c1ccccc1. The Labute approximate surface area is 139 Å². The van der Waals surface area contributed by atoms with Gasteiger partial charge in [0.15, 0.2) is 0 Å². The minimum atomic E-state index is -0.870. The maximum Gasteiger partial charge on any atom is 0.308 e. The molecule has 2 aromatic carbocycles. The number of carbonyl (C=O) groups excluding carboxylic acids is 1. The van der Waals surface area contributed by atoms with Gasteiger partial charge >= 0.3 is 5.97 Å². The molecule has 1 saturated heterocycles. The Morgan fingerprint density at radius 2 is 1.65 bits per heavy atom. The van der Waals surface area contributed by atoms with Gasteiger partial charge in [-0.05, 0) is 29.8 Å². The molecule has 1 amide bonds. The lowest BCUT2D eigenvalue weighted by Crippen LogP contribution is -2.29. The predicted molar refractivity (Wildman–Crippen MR) is 87.7 cm³/mol. The smallest absolute Gasteiger partial charge is 0.308 e. The number of carboxylic acid groups (broad SMARTS) is 1. The van der Waals surface area contributed by atoms with Crippen LogP contribution < -0.4 is 0 Å². The van der Waals surface area contributed by atoms with Crippen LogP contribution in [0.1, 0.15) is 21.8 Å². The third kappa shape index (κ3) is 3.22. The maximum absolute atomic E-state index is 12.6. The zero-order chi connectivity index (χ0) is 16.4. The van der Waals surface area contributed by atoms with Crippen LogP contribution in [0.15, 0.2) is 54.6 Å². The molecule has 4 nitrogen and oxygen atoms in total. The van der Waals surface area contributed by atoms with Crippen LogP contribution in [0.2, 0.25) is 5.02 Å². The van der Waals surface area contributed by atoms with Gasteiger partial charge in [0.2, 0.25) is 0 Å². The van der Waals surface area contributed by atoms with E-state index in [0.717, 1.165) is 5.56 Å². The first kappa shape index (κ1) is 15.6. The summed E-state index contributed by atoms with van der Waals surface area (Å²) in [6.07, 6.45) is 0. The first-order chi connectivity index (χ1) is 11.1. The number of nitrogens with zero attached hydrogens (tertiary/aromatic N) is 1. The highest BCUT2D eigenvalue weighted by atomic mass is 35.5. The van der Waals surface area contributed by atoms with Gasteiger partial charge in [-0.15, -0.1) is 0 Å². The zero-order valence-corrected chi connectivity index (χ0v) is 13.1. The molecule has 1 fully saturated rings. The Hall–Kier alpha value is -2.33. The van der Waals surface area contributed by atoms with Crippen LogP contribution in [-0.4, -0.2) is 35.0 Å². The van der Waals surface area contributed by atoms with Gasteiger partial charge in [0.25, 0.3) is 5.91 Å². The van der Waals surface area contributed by atoms with Crippen molar-refractivity contribution in [2.45, 2.75) is 5.92 Å². The van der Waals surface area contributed by atoms with Gasteiger partial charge in [-0.3, -0.25) is 9.59 Å². The number of likely N-dealkylation sites (tertiary alicyclic amines) is 1. The summed E-state index contributed by atoms with van der Waals surface area (Å²) in [5, 5.41) is 10.1. The van der Waals surface area contributed by atoms with E-state index in [1.807, 2.05) is 30.3 Å². The standard InChI is InChI=1S/C18H16ClNO3/c19-14-8-6-13(7-9-14)17(21)20-10-15(16(11-20)18(22)23)12-4-2-1-3-5-12/h1-9,15-16H,10-11H2,(H,22,23)/t15-,16+/m0/s1. The molecular weight excluding hydrogens is 314 g/mol. The first-order valence-electron chi connectivity index (χ1n) is 7.39. The second kappa shape index (κ2) is 6.42. The fourth-order valence-electron chi connectivity index (χ4n) is 3.03. The quantitative estimate of drug-likeness (QED) is 0.940. The Kier molecular flexibility index (Phi) is 4.35. The van der Waals surface area contributed by atoms with E-state index in [9.17, 15) is 14.7 Å². The highest BCUT2D eigenvalue weighted by Crippen LogP contribution is 2.33. The van der Waals surface area contributed by atoms with Gasteiger partial charge in [-0.2, -0.15) is 0 Å². The number of carboxylic acids is 1. The normalized spacial score (nSPS) is 20.5. The van der Waals surface area contributed by atoms with Crippen LogP contribution in [0.4, 0.5) is 0 Å². The molecule has 118 valence electrons. The third-order valence-corrected chi connectivity index (χ3v) is 4.50. The highest BCUT2D eigenvalue weighted by molar-refractivity contribution is 6.30. The number of amides is 1. The van der Waals surface area contributed by atoms with Crippen LogP contribution in [0.3, 0.4) is 0 Å². The summed E-state index contributed by atoms with van der Waals surface area (Å²) in [4.78, 5) is 25.8. The zero-order valence-electron chi connectivity index (χ0n) is 12.4. The van der Waals surface area contributed by atoms with E-state index in [4.69, 9.17) is 11.6 Å². The summed E-state index contributed by atoms with van der Waals surface area (Å²) < 4.78 is 0. The Bertz CT molecular complexity index is 715. The monoisotopic (exact) mass is 329 g/mol. The fourth-order valence-corrected chi connectivity index (χ4v) is 3.16. The molecular formula is C18H16ClNO3. The second-order valence-electron chi connectivity index (χ2n) is 5.68. The van der Waals surface area contributed by atoms with Crippen molar-refractivity contribution in [3.05, 3.63) is 70.7 Å². The van der Waals surface area contributed by atoms with Crippen LogP contribution in [0.5, 0.6) is 0 Å². The first-order valence-corrected chi connectivity index (χ1v) is 7.76. The van der Waals surface area contributed by atoms with E-state index < -0.39 is 11.9 Å². The predicted octanol–water partition coefficient (Wildman–Crippen LogP) is 3.28. The molecule has 0 aromatic heterocycles. The molecule has 0 spiro atoms. The fraction of sp³-hybridized carbons (Fsp3) is 0.222. The van der Waals surface area contributed by atoms with Crippen molar-refractivity contribution in [3.8, 4) is 0 Å². The molecule has 1 heterocycles. The second-order valence-corrected chi connectivity index (χ2v) is 6.12. The number of aliphatic carboxylic acids is 1. The minimum Gasteiger partial charge on any atom is -0.481 e. The van der Waals surface area contributed by atoms with Crippen molar-refractivity contribution < 1.29 is 14.7 Å². The molecule has 0 radical (unpaired) electrons. The maximum atomic E-state index is 12.6. The van der Waals surface area contributed by atoms with Crippen molar-refractivity contribution in [1.29, 1.82) is 0 Å². The molecule has 0 aliphatic carbocycles. The summed E-state index contributed by atoms with van der Waals surface area (Å²) in [5.41, 5.74) is 1.47. The number of hydrogen-bond acceptors (Lipinski definition) is 2. The van der Waals surface area contributed by atoms with E-state index in [2.05, 4.69) is 0 Å². The largest absolute Gasteiger partial charge is 0.481 e. The molecule has 1 aliphatic rings. The van der Waals surface area contributed by atoms with Crippen molar-refractivity contribution in [2.24, 2.45) is 5.92 Å². The summed E-state index contributed by atoms with van der Waals surface area (Å²) in [5.74, 6) is -1.81. The molecule has 0 unspecified atom stereocenters. The van der Waals surface area contributed by atoms with E-state index in [0.29, 0.717) is 17.1 Å². The van der Waals surface area contributed by atoms with Crippen molar-refractivity contribution in [1.82, 2.24) is 4.90 Å². The van der Waals surface area contributed by atoms with E-state index >= 15 is 0 Å². The summed E-state index contributed by atoms with van der Waals surface area (Å²) in [6.45, 7) is 0.624. The summed E-state index contributed by atoms with van der Waals surface area (Å²) in [7, 11) is 0. The number of carbonyl (C=O) groups is 2. The molecule has 2 aromatic rings. The molecule has 5 heteroatoms. The lowest BCUT2D eigenvalue weighted by atomic mass is 9.89. The van der Waals surface area contributed by atoms with Crippen molar-refractivity contribution in [3.63, 3.8) is 0 Å². The Balaban J connectivity index is 1.84. The Morgan fingerprint density at radius 1 is 1.00 bits per heavy atom. The molecule has 1 aliphatic heterocycles. The van der Waals surface area contributed by atoms with E-state index in [1.165, 1.54) is 0 Å². The van der Waals surface area contributed by atoms with Crippen molar-refractivity contribution >= 4 is 23.5 Å². The number of halogens is 1. The minimum absolute atomic E-state index is 0.161. The molecule has 0 bridgehead atoms. The highest BCUT2D eigenvalue weighted by Gasteiger charge is 2.40. The third-order valence-electron chi connectivity index (χ3n) is 4.24. The van der Waals surface area contributed by atoms with Gasteiger partial charge in [0.1, 0.15) is 0 Å². The van der Waals surface area contributed by atoms with E-state index in [-0.39, 0.29) is 18.4 Å². The molecule has 2 atom stereocenters. The van der Waals surface area contributed by atoms with Crippen LogP contribution in [-0.2, 0) is 4.79 Å². The van der Waals surface area contributed by atoms with E-state index in [1.54, 1.807) is 29.2 Å². The topological polar surface area (TPSA) is 57.6 Å². The van der Waals surface area contributed by atoms with Gasteiger partial charge in [0, 0.05) is 29.6 Å².